The van der Waals surface area contributed by atoms with E-state index < -0.39 is 22.1 Å². The van der Waals surface area contributed by atoms with Gasteiger partial charge in [-0.3, -0.25) is 0 Å². The second-order valence-electron chi connectivity index (χ2n) is 3.73. The molecule has 1 aromatic heterocycles. The summed E-state index contributed by atoms with van der Waals surface area (Å²) in [6, 6.07) is 2.56. The van der Waals surface area contributed by atoms with Crippen LogP contribution in [0.25, 0.3) is 0 Å². The highest BCUT2D eigenvalue weighted by Crippen LogP contribution is 2.27. The largest absolute Gasteiger partial charge is 0.477 e. The minimum atomic E-state index is -3.66. The Kier molecular flexibility index (Phi) is 3.21. The predicted octanol–water partition coefficient (Wildman–Crippen LogP) is 0.202. The van der Waals surface area contributed by atoms with E-state index in [0.29, 0.717) is 6.42 Å². The zero-order valence-corrected chi connectivity index (χ0v) is 10.4. The number of β-amino-alcohol motifs (C(OH)–C–C–N with tert-alkyl or cyclic N) is 1. The standard InChI is InChI=1S/C9H11NO5S2/c11-6-3-4-10(5-6)17(14,15)8-2-1-7(16-8)9(12)13/h1-2,6,11H,3-5H2,(H,12,13). The van der Waals surface area contributed by atoms with E-state index in [9.17, 15) is 18.3 Å². The van der Waals surface area contributed by atoms with Crippen molar-refractivity contribution in [2.24, 2.45) is 0 Å². The smallest absolute Gasteiger partial charge is 0.345 e. The number of carboxylic acids is 1. The summed E-state index contributed by atoms with van der Waals surface area (Å²) in [5, 5.41) is 18.0. The molecule has 0 saturated carbocycles. The molecular formula is C9H11NO5S2. The summed E-state index contributed by atoms with van der Waals surface area (Å²) in [7, 11) is -3.66. The number of hydrogen-bond acceptors (Lipinski definition) is 5. The molecule has 1 atom stereocenters. The van der Waals surface area contributed by atoms with Crippen LogP contribution in [-0.2, 0) is 10.0 Å². The van der Waals surface area contributed by atoms with Gasteiger partial charge in [0.05, 0.1) is 6.10 Å². The molecule has 6 nitrogen and oxygen atoms in total. The van der Waals surface area contributed by atoms with Gasteiger partial charge < -0.3 is 10.2 Å². The average molecular weight is 277 g/mol. The van der Waals surface area contributed by atoms with Gasteiger partial charge in [-0.05, 0) is 18.6 Å². The van der Waals surface area contributed by atoms with Gasteiger partial charge in [0.25, 0.3) is 10.0 Å². The summed E-state index contributed by atoms with van der Waals surface area (Å²) >= 11 is 0.725. The lowest BCUT2D eigenvalue weighted by atomic mass is 10.3. The van der Waals surface area contributed by atoms with Crippen LogP contribution < -0.4 is 0 Å². The molecule has 1 fully saturated rings. The molecule has 2 N–H and O–H groups in total. The van der Waals surface area contributed by atoms with Crippen molar-refractivity contribution >= 4 is 27.3 Å². The van der Waals surface area contributed by atoms with E-state index in [0.717, 1.165) is 11.3 Å². The fraction of sp³-hybridized carbons (Fsp3) is 0.444. The van der Waals surface area contributed by atoms with Crippen LogP contribution in [0.1, 0.15) is 16.1 Å². The molecule has 0 spiro atoms. The first-order valence-electron chi connectivity index (χ1n) is 4.92. The van der Waals surface area contributed by atoms with Crippen molar-refractivity contribution in [3.63, 3.8) is 0 Å². The van der Waals surface area contributed by atoms with Crippen LogP contribution in [0.15, 0.2) is 16.3 Å². The van der Waals surface area contributed by atoms with Crippen LogP contribution in [0.2, 0.25) is 0 Å². The predicted molar refractivity (Wildman–Crippen MR) is 60.7 cm³/mol. The minimum Gasteiger partial charge on any atom is -0.477 e. The van der Waals surface area contributed by atoms with E-state index in [-0.39, 0.29) is 22.2 Å². The van der Waals surface area contributed by atoms with E-state index in [2.05, 4.69) is 0 Å². The molecule has 1 unspecified atom stereocenters. The molecule has 0 aliphatic carbocycles. The first kappa shape index (κ1) is 12.5. The Hall–Kier alpha value is -0.960. The normalized spacial score (nSPS) is 21.8. The maximum absolute atomic E-state index is 12.0. The molecule has 1 aromatic rings. The Balaban J connectivity index is 2.28. The first-order chi connectivity index (χ1) is 7.91. The van der Waals surface area contributed by atoms with Crippen LogP contribution >= 0.6 is 11.3 Å². The highest BCUT2D eigenvalue weighted by Gasteiger charge is 2.32. The number of sulfonamides is 1. The van der Waals surface area contributed by atoms with Crippen LogP contribution in [-0.4, -0.2) is 48.1 Å². The summed E-state index contributed by atoms with van der Waals surface area (Å²) in [4.78, 5) is 10.7. The number of hydrogen-bond donors (Lipinski definition) is 2. The van der Waals surface area contributed by atoms with Gasteiger partial charge in [-0.25, -0.2) is 13.2 Å². The SMILES string of the molecule is O=C(O)c1ccc(S(=O)(=O)N2CCC(O)C2)s1. The third kappa shape index (κ3) is 2.34. The van der Waals surface area contributed by atoms with Crippen LogP contribution in [0.4, 0.5) is 0 Å². The zero-order valence-electron chi connectivity index (χ0n) is 8.74. The van der Waals surface area contributed by atoms with Crippen molar-refractivity contribution in [3.05, 3.63) is 17.0 Å². The second kappa shape index (κ2) is 4.37. The molecule has 0 aromatic carbocycles. The quantitative estimate of drug-likeness (QED) is 0.823. The number of thiophene rings is 1. The molecule has 1 aliphatic rings. The number of aliphatic hydroxyl groups excluding tert-OH is 1. The van der Waals surface area contributed by atoms with Gasteiger partial charge in [0.15, 0.2) is 0 Å². The molecular weight excluding hydrogens is 266 g/mol. The molecule has 2 heterocycles. The van der Waals surface area contributed by atoms with Gasteiger partial charge in [-0.1, -0.05) is 0 Å². The van der Waals surface area contributed by atoms with Crippen LogP contribution in [0.3, 0.4) is 0 Å². The van der Waals surface area contributed by atoms with E-state index >= 15 is 0 Å². The summed E-state index contributed by atoms with van der Waals surface area (Å²) in [6.45, 7) is 0.340. The fourth-order valence-electron chi connectivity index (χ4n) is 1.63. The number of carboxylic acid groups (broad SMARTS) is 1. The molecule has 94 valence electrons. The lowest BCUT2D eigenvalue weighted by Crippen LogP contribution is -2.29. The molecule has 0 radical (unpaired) electrons. The van der Waals surface area contributed by atoms with E-state index in [1.165, 1.54) is 16.4 Å². The second-order valence-corrected chi connectivity index (χ2v) is 6.98. The fourth-order valence-corrected chi connectivity index (χ4v) is 4.42. The van der Waals surface area contributed by atoms with Crippen LogP contribution in [0, 0.1) is 0 Å². The average Bonchev–Trinajstić information content (AvgIpc) is 2.85. The topological polar surface area (TPSA) is 94.9 Å². The number of aliphatic hydroxyl groups is 1. The number of rotatable bonds is 3. The maximum Gasteiger partial charge on any atom is 0.345 e. The van der Waals surface area contributed by atoms with Gasteiger partial charge in [-0.15, -0.1) is 11.3 Å². The van der Waals surface area contributed by atoms with Crippen molar-refractivity contribution in [2.45, 2.75) is 16.7 Å². The first-order valence-corrected chi connectivity index (χ1v) is 7.18. The summed E-state index contributed by atoms with van der Waals surface area (Å²) in [5.41, 5.74) is 0. The molecule has 0 amide bonds. The van der Waals surface area contributed by atoms with E-state index in [1.54, 1.807) is 0 Å². The number of carbonyl (C=O) groups is 1. The Morgan fingerprint density at radius 1 is 1.47 bits per heavy atom. The molecule has 17 heavy (non-hydrogen) atoms. The van der Waals surface area contributed by atoms with Crippen LogP contribution in [0.5, 0.6) is 0 Å². The van der Waals surface area contributed by atoms with Gasteiger partial charge in [0.1, 0.15) is 9.09 Å². The van der Waals surface area contributed by atoms with Gasteiger partial charge in [0.2, 0.25) is 0 Å². The van der Waals surface area contributed by atoms with Gasteiger partial charge in [-0.2, -0.15) is 4.31 Å². The minimum absolute atomic E-state index is 0.00370. The van der Waals surface area contributed by atoms with Crippen molar-refractivity contribution in [1.29, 1.82) is 0 Å². The molecule has 0 bridgehead atoms. The third-order valence-corrected chi connectivity index (χ3v) is 5.92. The molecule has 8 heteroatoms. The van der Waals surface area contributed by atoms with Crippen molar-refractivity contribution < 1.29 is 23.4 Å². The lowest BCUT2D eigenvalue weighted by molar-refractivity contribution is 0.0702. The molecule has 1 saturated heterocycles. The Bertz CT molecular complexity index is 535. The Labute approximate surface area is 102 Å². The zero-order chi connectivity index (χ0) is 12.6. The van der Waals surface area contributed by atoms with Gasteiger partial charge in [0, 0.05) is 13.1 Å². The Morgan fingerprint density at radius 2 is 2.18 bits per heavy atom. The lowest BCUT2D eigenvalue weighted by Gasteiger charge is -2.13. The summed E-state index contributed by atoms with van der Waals surface area (Å²) in [5.74, 6) is -1.14. The Morgan fingerprint density at radius 3 is 2.65 bits per heavy atom. The molecule has 2 rings (SSSR count). The van der Waals surface area contributed by atoms with Crippen molar-refractivity contribution in [2.75, 3.05) is 13.1 Å². The number of nitrogens with zero attached hydrogens (tertiary/aromatic N) is 1. The van der Waals surface area contributed by atoms with E-state index in [4.69, 9.17) is 5.11 Å². The maximum atomic E-state index is 12.0. The highest BCUT2D eigenvalue weighted by molar-refractivity contribution is 7.91. The molecule has 1 aliphatic heterocycles. The summed E-state index contributed by atoms with van der Waals surface area (Å²) in [6.07, 6.45) is -0.222. The summed E-state index contributed by atoms with van der Waals surface area (Å²) < 4.78 is 25.3. The van der Waals surface area contributed by atoms with Gasteiger partial charge >= 0.3 is 5.97 Å². The monoisotopic (exact) mass is 277 g/mol. The third-order valence-electron chi connectivity index (χ3n) is 2.51. The van der Waals surface area contributed by atoms with Crippen molar-refractivity contribution in [1.82, 2.24) is 4.31 Å². The highest BCUT2D eigenvalue weighted by atomic mass is 32.2. The number of aromatic carboxylic acids is 1. The van der Waals surface area contributed by atoms with E-state index in [1.807, 2.05) is 0 Å². The van der Waals surface area contributed by atoms with Crippen molar-refractivity contribution in [3.8, 4) is 0 Å².